The number of nitrogens with two attached hydrogens (primary N) is 1. The molecule has 0 aliphatic rings. The normalized spacial score (nSPS) is 12.3. The number of nitrogens with zero attached hydrogens (tertiary/aromatic N) is 1. The van der Waals surface area contributed by atoms with Crippen molar-refractivity contribution >= 4 is 8.80 Å². The molecule has 5 nitrogen and oxygen atoms in total. The van der Waals surface area contributed by atoms with Gasteiger partial charge in [0.25, 0.3) is 0 Å². The summed E-state index contributed by atoms with van der Waals surface area (Å²) in [7, 11) is 0.871. The van der Waals surface area contributed by atoms with Crippen LogP contribution in [-0.2, 0) is 13.3 Å². The lowest BCUT2D eigenvalue weighted by Crippen LogP contribution is -2.44. The van der Waals surface area contributed by atoms with E-state index >= 15 is 0 Å². The van der Waals surface area contributed by atoms with Crippen LogP contribution in [0.15, 0.2) is 0 Å². The van der Waals surface area contributed by atoms with Crippen molar-refractivity contribution in [2.24, 2.45) is 5.73 Å². The first kappa shape index (κ1) is 18.0. The fourth-order valence-corrected chi connectivity index (χ4v) is 3.90. The van der Waals surface area contributed by atoms with E-state index in [-0.39, 0.29) is 0 Å². The van der Waals surface area contributed by atoms with Gasteiger partial charge in [-0.1, -0.05) is 13.8 Å². The van der Waals surface area contributed by atoms with E-state index in [9.17, 15) is 0 Å². The molecule has 0 aliphatic heterocycles. The molecule has 0 aromatic carbocycles. The second-order valence-electron chi connectivity index (χ2n) is 4.21. The van der Waals surface area contributed by atoms with Crippen LogP contribution in [0.3, 0.4) is 0 Å². The van der Waals surface area contributed by atoms with Gasteiger partial charge in [-0.3, -0.25) is 0 Å². The highest BCUT2D eigenvalue weighted by atomic mass is 28.4. The van der Waals surface area contributed by atoms with Crippen molar-refractivity contribution in [1.82, 2.24) is 4.90 Å². The van der Waals surface area contributed by atoms with Crippen molar-refractivity contribution < 1.29 is 13.3 Å². The Morgan fingerprint density at radius 2 is 1.67 bits per heavy atom. The van der Waals surface area contributed by atoms with Crippen molar-refractivity contribution in [3.8, 4) is 0 Å². The molecule has 6 heteroatoms. The van der Waals surface area contributed by atoms with E-state index in [1.165, 1.54) is 0 Å². The predicted molar refractivity (Wildman–Crippen MR) is 76.6 cm³/mol. The van der Waals surface area contributed by atoms with Gasteiger partial charge in [0, 0.05) is 33.4 Å². The summed E-state index contributed by atoms with van der Waals surface area (Å²) in [4.78, 5) is 2.38. The van der Waals surface area contributed by atoms with Gasteiger partial charge in [0.1, 0.15) is 0 Å². The maximum absolute atomic E-state index is 5.88. The van der Waals surface area contributed by atoms with Crippen LogP contribution < -0.4 is 5.73 Å². The Morgan fingerprint density at radius 3 is 2.11 bits per heavy atom. The zero-order valence-corrected chi connectivity index (χ0v) is 13.4. The fourth-order valence-electron chi connectivity index (χ4n) is 1.85. The molecule has 0 rings (SSSR count). The molecule has 0 aromatic rings. The van der Waals surface area contributed by atoms with E-state index in [4.69, 9.17) is 19.0 Å². The van der Waals surface area contributed by atoms with Gasteiger partial charge in [0.15, 0.2) is 0 Å². The molecule has 0 saturated heterocycles. The predicted octanol–water partition coefficient (Wildman–Crippen LogP) is 1.32. The monoisotopic (exact) mass is 278 g/mol. The maximum atomic E-state index is 5.88. The molecule has 0 heterocycles. The van der Waals surface area contributed by atoms with Gasteiger partial charge in [-0.25, -0.2) is 0 Å². The molecular weight excluding hydrogens is 248 g/mol. The molecular formula is C12H30N2O3Si. The lowest BCUT2D eigenvalue weighted by atomic mass is 10.4. The Balaban J connectivity index is 3.96. The van der Waals surface area contributed by atoms with Crippen LogP contribution in [0.2, 0.25) is 6.04 Å². The first-order valence-corrected chi connectivity index (χ1v) is 8.77. The maximum Gasteiger partial charge on any atom is 0.500 e. The highest BCUT2D eigenvalue weighted by Gasteiger charge is 2.37. The Bertz CT molecular complexity index is 188. The number of rotatable bonds is 12. The lowest BCUT2D eigenvalue weighted by Gasteiger charge is -2.27. The summed E-state index contributed by atoms with van der Waals surface area (Å²) >= 11 is 0. The standard InChI is InChI=1S/C12H30N2O3Si/c1-5-14(6-2)10-8-11-17-18(15-3,16-4)12-7-9-13/h5-13H2,1-4H3. The van der Waals surface area contributed by atoms with Gasteiger partial charge < -0.3 is 23.9 Å². The third-order valence-electron chi connectivity index (χ3n) is 3.14. The van der Waals surface area contributed by atoms with Crippen LogP contribution >= 0.6 is 0 Å². The summed E-state index contributed by atoms with van der Waals surface area (Å²) in [6.07, 6.45) is 1.88. The van der Waals surface area contributed by atoms with Gasteiger partial charge >= 0.3 is 8.80 Å². The molecule has 0 amide bonds. The molecule has 0 fully saturated rings. The van der Waals surface area contributed by atoms with E-state index < -0.39 is 8.80 Å². The summed E-state index contributed by atoms with van der Waals surface area (Å²) in [5.74, 6) is 0. The van der Waals surface area contributed by atoms with Crippen LogP contribution in [-0.4, -0.2) is 60.7 Å². The van der Waals surface area contributed by atoms with E-state index in [1.54, 1.807) is 14.2 Å². The SMILES string of the molecule is CCN(CC)CCCO[Si](CCCN)(OC)OC. The van der Waals surface area contributed by atoms with Crippen molar-refractivity contribution in [3.05, 3.63) is 0 Å². The van der Waals surface area contributed by atoms with Gasteiger partial charge in [0.05, 0.1) is 0 Å². The van der Waals surface area contributed by atoms with E-state index in [2.05, 4.69) is 18.7 Å². The third-order valence-corrected chi connectivity index (χ3v) is 6.00. The Morgan fingerprint density at radius 1 is 1.06 bits per heavy atom. The Kier molecular flexibility index (Phi) is 10.9. The minimum absolute atomic E-state index is 0.643. The minimum atomic E-state index is -2.46. The van der Waals surface area contributed by atoms with Gasteiger partial charge in [0.2, 0.25) is 0 Å². The zero-order valence-electron chi connectivity index (χ0n) is 12.4. The molecule has 0 atom stereocenters. The van der Waals surface area contributed by atoms with E-state index in [1.807, 2.05) is 0 Å². The Hall–Kier alpha value is 0.0169. The summed E-state index contributed by atoms with van der Waals surface area (Å²) < 4.78 is 16.8. The summed E-state index contributed by atoms with van der Waals surface area (Å²) in [5.41, 5.74) is 5.52. The zero-order chi connectivity index (χ0) is 13.9. The quantitative estimate of drug-likeness (QED) is 0.431. The molecule has 0 aliphatic carbocycles. The first-order valence-electron chi connectivity index (χ1n) is 6.84. The van der Waals surface area contributed by atoms with Crippen LogP contribution in [0, 0.1) is 0 Å². The highest BCUT2D eigenvalue weighted by Crippen LogP contribution is 2.15. The second kappa shape index (κ2) is 10.9. The highest BCUT2D eigenvalue weighted by molar-refractivity contribution is 6.60. The van der Waals surface area contributed by atoms with Crippen LogP contribution in [0.1, 0.15) is 26.7 Å². The number of hydrogen-bond donors (Lipinski definition) is 1. The van der Waals surface area contributed by atoms with Gasteiger partial charge in [-0.2, -0.15) is 0 Å². The smallest absolute Gasteiger partial charge is 0.377 e. The second-order valence-corrected chi connectivity index (χ2v) is 7.18. The van der Waals surface area contributed by atoms with Crippen molar-refractivity contribution in [2.75, 3.05) is 47.0 Å². The molecule has 0 spiro atoms. The number of hydrogen-bond acceptors (Lipinski definition) is 5. The van der Waals surface area contributed by atoms with Crippen molar-refractivity contribution in [3.63, 3.8) is 0 Å². The first-order chi connectivity index (χ1) is 8.67. The lowest BCUT2D eigenvalue weighted by molar-refractivity contribution is 0.0930. The molecule has 0 radical (unpaired) electrons. The van der Waals surface area contributed by atoms with Gasteiger partial charge in [-0.05, 0) is 32.5 Å². The summed E-state index contributed by atoms with van der Waals surface area (Å²) in [6.45, 7) is 8.91. The van der Waals surface area contributed by atoms with Crippen molar-refractivity contribution in [2.45, 2.75) is 32.7 Å². The minimum Gasteiger partial charge on any atom is -0.377 e. The molecule has 2 N–H and O–H groups in total. The molecule has 0 saturated carbocycles. The van der Waals surface area contributed by atoms with Crippen molar-refractivity contribution in [1.29, 1.82) is 0 Å². The molecule has 18 heavy (non-hydrogen) atoms. The van der Waals surface area contributed by atoms with E-state index in [0.717, 1.165) is 38.5 Å². The third kappa shape index (κ3) is 6.82. The summed E-state index contributed by atoms with van der Waals surface area (Å²) in [6, 6.07) is 0.793. The van der Waals surface area contributed by atoms with Crippen LogP contribution in [0.5, 0.6) is 0 Å². The van der Waals surface area contributed by atoms with E-state index in [0.29, 0.717) is 13.2 Å². The molecule has 110 valence electrons. The van der Waals surface area contributed by atoms with Crippen LogP contribution in [0.4, 0.5) is 0 Å². The largest absolute Gasteiger partial charge is 0.500 e. The van der Waals surface area contributed by atoms with Gasteiger partial charge in [-0.15, -0.1) is 0 Å². The average Bonchev–Trinajstić information content (AvgIpc) is 2.43. The molecule has 0 bridgehead atoms. The molecule has 0 aromatic heterocycles. The van der Waals surface area contributed by atoms with Crippen LogP contribution in [0.25, 0.3) is 0 Å². The topological polar surface area (TPSA) is 57.0 Å². The average molecular weight is 278 g/mol. The molecule has 0 unspecified atom stereocenters. The Labute approximate surface area is 113 Å². The summed E-state index contributed by atoms with van der Waals surface area (Å²) in [5, 5.41) is 0. The fraction of sp³-hybridized carbons (Fsp3) is 1.00.